The molecule has 0 bridgehead atoms. The van der Waals surface area contributed by atoms with Crippen LogP contribution in [-0.2, 0) is 6.18 Å². The summed E-state index contributed by atoms with van der Waals surface area (Å²) >= 11 is 0. The molecule has 2 rings (SSSR count). The van der Waals surface area contributed by atoms with Crippen molar-refractivity contribution in [3.05, 3.63) is 29.3 Å². The molecule has 1 saturated heterocycles. The van der Waals surface area contributed by atoms with Gasteiger partial charge in [0, 0.05) is 11.6 Å². The Bertz CT molecular complexity index is 397. The van der Waals surface area contributed by atoms with E-state index in [0.29, 0.717) is 5.56 Å². The third-order valence-electron chi connectivity index (χ3n) is 3.06. The fourth-order valence-corrected chi connectivity index (χ4v) is 2.19. The second-order valence-electron chi connectivity index (χ2n) is 4.24. The van der Waals surface area contributed by atoms with Gasteiger partial charge in [-0.3, -0.25) is 0 Å². The molecule has 94 valence electrons. The lowest BCUT2D eigenvalue weighted by atomic mass is 9.95. The Morgan fingerprint density at radius 1 is 1.24 bits per heavy atom. The molecule has 0 aliphatic carbocycles. The molecule has 2 nitrogen and oxygen atoms in total. The van der Waals surface area contributed by atoms with Crippen LogP contribution in [0.3, 0.4) is 0 Å². The topological polar surface area (TPSA) is 32.3 Å². The SMILES string of the molecule is Oc1c(C2CCCCN2)cccc1C(F)(F)F. The Labute approximate surface area is 97.5 Å². The minimum atomic E-state index is -4.51. The van der Waals surface area contributed by atoms with Gasteiger partial charge in [0.25, 0.3) is 0 Å². The summed E-state index contributed by atoms with van der Waals surface area (Å²) in [6.07, 6.45) is -1.76. The number of phenols is 1. The third-order valence-corrected chi connectivity index (χ3v) is 3.06. The number of para-hydroxylation sites is 1. The predicted molar refractivity (Wildman–Crippen MR) is 57.7 cm³/mol. The van der Waals surface area contributed by atoms with Crippen molar-refractivity contribution in [1.82, 2.24) is 5.32 Å². The lowest BCUT2D eigenvalue weighted by Gasteiger charge is -2.25. The first kappa shape index (κ1) is 12.2. The van der Waals surface area contributed by atoms with Crippen molar-refractivity contribution in [3.63, 3.8) is 0 Å². The Kier molecular flexibility index (Phi) is 3.28. The van der Waals surface area contributed by atoms with Gasteiger partial charge in [-0.15, -0.1) is 0 Å². The highest BCUT2D eigenvalue weighted by atomic mass is 19.4. The summed E-state index contributed by atoms with van der Waals surface area (Å²) in [5.41, 5.74) is -0.609. The van der Waals surface area contributed by atoms with Crippen molar-refractivity contribution in [3.8, 4) is 5.75 Å². The van der Waals surface area contributed by atoms with E-state index in [2.05, 4.69) is 5.32 Å². The summed E-state index contributed by atoms with van der Waals surface area (Å²) in [5.74, 6) is -0.639. The molecular weight excluding hydrogens is 231 g/mol. The molecule has 1 heterocycles. The van der Waals surface area contributed by atoms with E-state index in [0.717, 1.165) is 31.9 Å². The van der Waals surface area contributed by atoms with Gasteiger partial charge in [-0.05, 0) is 25.5 Å². The van der Waals surface area contributed by atoms with Crippen LogP contribution in [0.4, 0.5) is 13.2 Å². The van der Waals surface area contributed by atoms with Crippen molar-refractivity contribution >= 4 is 0 Å². The average Bonchev–Trinajstić information content (AvgIpc) is 2.29. The third kappa shape index (κ3) is 2.54. The zero-order valence-corrected chi connectivity index (χ0v) is 9.22. The predicted octanol–water partition coefficient (Wildman–Crippen LogP) is 3.23. The lowest BCUT2D eigenvalue weighted by molar-refractivity contribution is -0.138. The molecular formula is C12H14F3NO. The van der Waals surface area contributed by atoms with Gasteiger partial charge < -0.3 is 10.4 Å². The number of hydrogen-bond acceptors (Lipinski definition) is 2. The number of halogens is 3. The first-order chi connectivity index (χ1) is 8.00. The summed E-state index contributed by atoms with van der Waals surface area (Å²) in [6, 6.07) is 3.62. The van der Waals surface area contributed by atoms with Gasteiger partial charge in [0.05, 0.1) is 5.56 Å². The zero-order valence-electron chi connectivity index (χ0n) is 9.22. The van der Waals surface area contributed by atoms with Crippen LogP contribution in [0, 0.1) is 0 Å². The van der Waals surface area contributed by atoms with Crippen LogP contribution in [0.25, 0.3) is 0 Å². The van der Waals surface area contributed by atoms with Crippen molar-refractivity contribution in [1.29, 1.82) is 0 Å². The molecule has 1 fully saturated rings. The Hall–Kier alpha value is -1.23. The number of hydrogen-bond donors (Lipinski definition) is 2. The Balaban J connectivity index is 2.35. The van der Waals surface area contributed by atoms with E-state index in [1.165, 1.54) is 6.07 Å². The van der Waals surface area contributed by atoms with E-state index in [4.69, 9.17) is 0 Å². The summed E-state index contributed by atoms with van der Waals surface area (Å²) < 4.78 is 37.8. The maximum atomic E-state index is 12.6. The summed E-state index contributed by atoms with van der Waals surface area (Å²) in [5, 5.41) is 12.8. The Morgan fingerprint density at radius 3 is 2.59 bits per heavy atom. The van der Waals surface area contributed by atoms with Gasteiger partial charge in [-0.2, -0.15) is 13.2 Å². The van der Waals surface area contributed by atoms with Crippen LogP contribution < -0.4 is 5.32 Å². The fraction of sp³-hybridized carbons (Fsp3) is 0.500. The molecule has 2 N–H and O–H groups in total. The van der Waals surface area contributed by atoms with Crippen molar-refractivity contribution in [2.75, 3.05) is 6.54 Å². The Morgan fingerprint density at radius 2 is 2.00 bits per heavy atom. The monoisotopic (exact) mass is 245 g/mol. The average molecular weight is 245 g/mol. The molecule has 1 atom stereocenters. The zero-order chi connectivity index (χ0) is 12.5. The number of phenolic OH excluding ortho intramolecular Hbond substituents is 1. The first-order valence-electron chi connectivity index (χ1n) is 5.62. The highest BCUT2D eigenvalue weighted by Crippen LogP contribution is 2.40. The number of piperidine rings is 1. The van der Waals surface area contributed by atoms with Gasteiger partial charge >= 0.3 is 6.18 Å². The van der Waals surface area contributed by atoms with E-state index in [-0.39, 0.29) is 6.04 Å². The smallest absolute Gasteiger partial charge is 0.419 e. The molecule has 0 spiro atoms. The van der Waals surface area contributed by atoms with Crippen molar-refractivity contribution < 1.29 is 18.3 Å². The largest absolute Gasteiger partial charge is 0.507 e. The molecule has 17 heavy (non-hydrogen) atoms. The quantitative estimate of drug-likeness (QED) is 0.796. The second-order valence-corrected chi connectivity index (χ2v) is 4.24. The van der Waals surface area contributed by atoms with E-state index < -0.39 is 17.5 Å². The van der Waals surface area contributed by atoms with Crippen LogP contribution >= 0.6 is 0 Å². The van der Waals surface area contributed by atoms with E-state index in [1.807, 2.05) is 0 Å². The normalized spacial score (nSPS) is 21.5. The number of aromatic hydroxyl groups is 1. The minimum Gasteiger partial charge on any atom is -0.507 e. The lowest BCUT2D eigenvalue weighted by Crippen LogP contribution is -2.27. The van der Waals surface area contributed by atoms with E-state index in [9.17, 15) is 18.3 Å². The molecule has 0 radical (unpaired) electrons. The van der Waals surface area contributed by atoms with Crippen molar-refractivity contribution in [2.24, 2.45) is 0 Å². The van der Waals surface area contributed by atoms with Gasteiger partial charge in [0.2, 0.25) is 0 Å². The number of rotatable bonds is 1. The molecule has 5 heteroatoms. The second kappa shape index (κ2) is 4.56. The minimum absolute atomic E-state index is 0.175. The molecule has 1 aromatic carbocycles. The molecule has 1 aliphatic heterocycles. The van der Waals surface area contributed by atoms with Gasteiger partial charge in [0.15, 0.2) is 0 Å². The van der Waals surface area contributed by atoms with Crippen LogP contribution in [-0.4, -0.2) is 11.7 Å². The summed E-state index contributed by atoms with van der Waals surface area (Å²) in [6.45, 7) is 0.778. The molecule has 1 aromatic rings. The van der Waals surface area contributed by atoms with Crippen LogP contribution in [0.5, 0.6) is 5.75 Å². The molecule has 0 aromatic heterocycles. The van der Waals surface area contributed by atoms with E-state index >= 15 is 0 Å². The fourth-order valence-electron chi connectivity index (χ4n) is 2.19. The number of benzene rings is 1. The summed E-state index contributed by atoms with van der Waals surface area (Å²) in [7, 11) is 0. The highest BCUT2D eigenvalue weighted by Gasteiger charge is 2.35. The number of alkyl halides is 3. The van der Waals surface area contributed by atoms with Crippen LogP contribution in [0.1, 0.15) is 36.4 Å². The standard InChI is InChI=1S/C12H14F3NO/c13-12(14,15)9-5-3-4-8(11(9)17)10-6-1-2-7-16-10/h3-5,10,16-17H,1-2,6-7H2. The first-order valence-corrected chi connectivity index (χ1v) is 5.62. The van der Waals surface area contributed by atoms with Gasteiger partial charge in [-0.25, -0.2) is 0 Å². The molecule has 1 unspecified atom stereocenters. The molecule has 0 amide bonds. The van der Waals surface area contributed by atoms with Gasteiger partial charge in [0.1, 0.15) is 5.75 Å². The maximum absolute atomic E-state index is 12.6. The molecule has 1 aliphatic rings. The van der Waals surface area contributed by atoms with Gasteiger partial charge in [-0.1, -0.05) is 18.6 Å². The number of nitrogens with one attached hydrogen (secondary N) is 1. The van der Waals surface area contributed by atoms with Crippen molar-refractivity contribution in [2.45, 2.75) is 31.5 Å². The highest BCUT2D eigenvalue weighted by molar-refractivity contribution is 5.43. The van der Waals surface area contributed by atoms with E-state index in [1.54, 1.807) is 6.07 Å². The van der Waals surface area contributed by atoms with Crippen LogP contribution in [0.15, 0.2) is 18.2 Å². The van der Waals surface area contributed by atoms with Crippen LogP contribution in [0.2, 0.25) is 0 Å². The molecule has 0 saturated carbocycles. The summed E-state index contributed by atoms with van der Waals surface area (Å²) in [4.78, 5) is 0. The maximum Gasteiger partial charge on any atom is 0.419 e.